The van der Waals surface area contributed by atoms with Crippen LogP contribution in [-0.2, 0) is 6.54 Å². The van der Waals surface area contributed by atoms with E-state index in [1.807, 2.05) is 0 Å². The molecule has 1 atom stereocenters. The lowest BCUT2D eigenvalue weighted by Crippen LogP contribution is -2.21. The third-order valence-corrected chi connectivity index (χ3v) is 3.33. The van der Waals surface area contributed by atoms with E-state index in [4.69, 9.17) is 9.68 Å². The molecule has 1 aliphatic rings. The highest BCUT2D eigenvalue weighted by Crippen LogP contribution is 2.20. The maximum atomic E-state index is 9.48. The number of β-amino-alcohol motifs (C(OH)–C–C–N with tert-alkyl or cyclic N) is 1. The second kappa shape index (κ2) is 5.41. The first-order chi connectivity index (χ1) is 9.74. The number of benzene rings is 1. The van der Waals surface area contributed by atoms with Crippen LogP contribution < -0.4 is 0 Å². The summed E-state index contributed by atoms with van der Waals surface area (Å²) in [6, 6.07) is 9.08. The van der Waals surface area contributed by atoms with Crippen molar-refractivity contribution in [3.05, 3.63) is 35.7 Å². The quantitative estimate of drug-likeness (QED) is 0.901. The van der Waals surface area contributed by atoms with E-state index in [2.05, 4.69) is 21.2 Å². The van der Waals surface area contributed by atoms with Gasteiger partial charge in [0.05, 0.1) is 24.3 Å². The second-order valence-electron chi connectivity index (χ2n) is 4.87. The van der Waals surface area contributed by atoms with Gasteiger partial charge in [-0.15, -0.1) is 10.2 Å². The number of nitrogens with zero attached hydrogens (tertiary/aromatic N) is 4. The smallest absolute Gasteiger partial charge is 0.247 e. The Bertz CT molecular complexity index is 629. The molecule has 1 aromatic carbocycles. The van der Waals surface area contributed by atoms with E-state index < -0.39 is 0 Å². The summed E-state index contributed by atoms with van der Waals surface area (Å²) in [5.41, 5.74) is 1.39. The number of aromatic nitrogens is 2. The molecule has 0 spiro atoms. The van der Waals surface area contributed by atoms with Gasteiger partial charge in [-0.2, -0.15) is 5.26 Å². The van der Waals surface area contributed by atoms with Gasteiger partial charge in [0.2, 0.25) is 11.8 Å². The van der Waals surface area contributed by atoms with Crippen molar-refractivity contribution in [3.8, 4) is 17.5 Å². The normalized spacial score (nSPS) is 19.1. The van der Waals surface area contributed by atoms with Gasteiger partial charge in [-0.1, -0.05) is 0 Å². The van der Waals surface area contributed by atoms with Crippen molar-refractivity contribution in [2.45, 2.75) is 19.1 Å². The van der Waals surface area contributed by atoms with Crippen molar-refractivity contribution < 1.29 is 9.52 Å². The van der Waals surface area contributed by atoms with Crippen LogP contribution in [0.5, 0.6) is 0 Å². The van der Waals surface area contributed by atoms with Gasteiger partial charge in [0.15, 0.2) is 0 Å². The van der Waals surface area contributed by atoms with Crippen LogP contribution in [-0.4, -0.2) is 39.4 Å². The summed E-state index contributed by atoms with van der Waals surface area (Å²) in [5.74, 6) is 0.989. The molecule has 0 amide bonds. The van der Waals surface area contributed by atoms with Crippen LogP contribution in [0.25, 0.3) is 11.5 Å². The zero-order valence-corrected chi connectivity index (χ0v) is 10.9. The molecular weight excluding hydrogens is 256 g/mol. The van der Waals surface area contributed by atoms with E-state index in [0.29, 0.717) is 30.4 Å². The molecule has 1 unspecified atom stereocenters. The highest BCUT2D eigenvalue weighted by molar-refractivity contribution is 5.54. The molecule has 0 bridgehead atoms. The number of nitriles is 1. The standard InChI is InChI=1S/C14H14N4O2/c15-7-10-1-3-11(4-2-10)14-17-16-13(20-14)9-18-6-5-12(19)8-18/h1-4,12,19H,5-6,8-9H2. The summed E-state index contributed by atoms with van der Waals surface area (Å²) in [4.78, 5) is 2.08. The first kappa shape index (κ1) is 12.8. The van der Waals surface area contributed by atoms with Crippen LogP contribution >= 0.6 is 0 Å². The molecular formula is C14H14N4O2. The van der Waals surface area contributed by atoms with E-state index in [1.54, 1.807) is 24.3 Å². The average molecular weight is 270 g/mol. The fourth-order valence-electron chi connectivity index (χ4n) is 2.27. The van der Waals surface area contributed by atoms with Crippen molar-refractivity contribution in [3.63, 3.8) is 0 Å². The maximum absolute atomic E-state index is 9.48. The van der Waals surface area contributed by atoms with Crippen LogP contribution in [0.15, 0.2) is 28.7 Å². The number of likely N-dealkylation sites (tertiary alicyclic amines) is 1. The molecule has 1 aromatic heterocycles. The molecule has 102 valence electrons. The summed E-state index contributed by atoms with van der Waals surface area (Å²) in [5, 5.41) is 26.3. The number of hydrogen-bond acceptors (Lipinski definition) is 6. The van der Waals surface area contributed by atoms with Gasteiger partial charge in [-0.3, -0.25) is 4.90 Å². The monoisotopic (exact) mass is 270 g/mol. The van der Waals surface area contributed by atoms with E-state index in [1.165, 1.54) is 0 Å². The Morgan fingerprint density at radius 2 is 2.15 bits per heavy atom. The van der Waals surface area contributed by atoms with Gasteiger partial charge in [0.25, 0.3) is 0 Å². The molecule has 0 aliphatic carbocycles. The first-order valence-corrected chi connectivity index (χ1v) is 6.48. The van der Waals surface area contributed by atoms with E-state index >= 15 is 0 Å². The highest BCUT2D eigenvalue weighted by Gasteiger charge is 2.22. The highest BCUT2D eigenvalue weighted by atomic mass is 16.4. The third-order valence-electron chi connectivity index (χ3n) is 3.33. The second-order valence-corrected chi connectivity index (χ2v) is 4.87. The minimum Gasteiger partial charge on any atom is -0.419 e. The molecule has 20 heavy (non-hydrogen) atoms. The van der Waals surface area contributed by atoms with Gasteiger partial charge in [0.1, 0.15) is 0 Å². The van der Waals surface area contributed by atoms with E-state index in [0.717, 1.165) is 18.5 Å². The summed E-state index contributed by atoms with van der Waals surface area (Å²) in [6.45, 7) is 2.05. The fraction of sp³-hybridized carbons (Fsp3) is 0.357. The number of hydrogen-bond donors (Lipinski definition) is 1. The molecule has 2 heterocycles. The third kappa shape index (κ3) is 2.69. The zero-order valence-electron chi connectivity index (χ0n) is 10.9. The van der Waals surface area contributed by atoms with Crippen LogP contribution in [0, 0.1) is 11.3 Å². The van der Waals surface area contributed by atoms with Gasteiger partial charge in [0, 0.05) is 18.7 Å². The summed E-state index contributed by atoms with van der Waals surface area (Å²) >= 11 is 0. The van der Waals surface area contributed by atoms with Crippen LogP contribution in [0.4, 0.5) is 0 Å². The largest absolute Gasteiger partial charge is 0.419 e. The predicted octanol–water partition coefficient (Wildman–Crippen LogP) is 1.17. The van der Waals surface area contributed by atoms with Crippen molar-refractivity contribution in [1.82, 2.24) is 15.1 Å². The zero-order chi connectivity index (χ0) is 13.9. The van der Waals surface area contributed by atoms with Gasteiger partial charge in [-0.25, -0.2) is 0 Å². The molecule has 1 N–H and O–H groups in total. The fourth-order valence-corrected chi connectivity index (χ4v) is 2.27. The Balaban J connectivity index is 1.71. The average Bonchev–Trinajstić information content (AvgIpc) is 3.09. The van der Waals surface area contributed by atoms with Crippen LogP contribution in [0.1, 0.15) is 17.9 Å². The number of aliphatic hydroxyl groups excluding tert-OH is 1. The summed E-state index contributed by atoms with van der Waals surface area (Å²) in [6.07, 6.45) is 0.535. The SMILES string of the molecule is N#Cc1ccc(-c2nnc(CN3CCC(O)C3)o2)cc1. The van der Waals surface area contributed by atoms with Crippen LogP contribution in [0.3, 0.4) is 0 Å². The van der Waals surface area contributed by atoms with Crippen molar-refractivity contribution in [2.75, 3.05) is 13.1 Å². The van der Waals surface area contributed by atoms with Gasteiger partial charge >= 0.3 is 0 Å². The molecule has 0 radical (unpaired) electrons. The molecule has 0 saturated carbocycles. The molecule has 2 aromatic rings. The Hall–Kier alpha value is -2.23. The van der Waals surface area contributed by atoms with E-state index in [9.17, 15) is 5.11 Å². The lowest BCUT2D eigenvalue weighted by molar-refractivity contribution is 0.171. The lowest BCUT2D eigenvalue weighted by atomic mass is 10.1. The first-order valence-electron chi connectivity index (χ1n) is 6.48. The van der Waals surface area contributed by atoms with Gasteiger partial charge < -0.3 is 9.52 Å². The molecule has 6 nitrogen and oxygen atoms in total. The van der Waals surface area contributed by atoms with Crippen LogP contribution in [0.2, 0.25) is 0 Å². The molecule has 6 heteroatoms. The van der Waals surface area contributed by atoms with E-state index in [-0.39, 0.29) is 6.10 Å². The lowest BCUT2D eigenvalue weighted by Gasteiger charge is -2.10. The Morgan fingerprint density at radius 3 is 2.80 bits per heavy atom. The Kier molecular flexibility index (Phi) is 3.46. The maximum Gasteiger partial charge on any atom is 0.247 e. The molecule has 1 aliphatic heterocycles. The van der Waals surface area contributed by atoms with Crippen molar-refractivity contribution >= 4 is 0 Å². The summed E-state index contributed by atoms with van der Waals surface area (Å²) in [7, 11) is 0. The van der Waals surface area contributed by atoms with Gasteiger partial charge in [-0.05, 0) is 30.7 Å². The summed E-state index contributed by atoms with van der Waals surface area (Å²) < 4.78 is 5.61. The topological polar surface area (TPSA) is 86.2 Å². The Morgan fingerprint density at radius 1 is 1.35 bits per heavy atom. The predicted molar refractivity (Wildman–Crippen MR) is 70.3 cm³/mol. The van der Waals surface area contributed by atoms with Crippen molar-refractivity contribution in [2.24, 2.45) is 0 Å². The minimum absolute atomic E-state index is 0.254. The number of rotatable bonds is 3. The molecule has 1 saturated heterocycles. The molecule has 3 rings (SSSR count). The van der Waals surface area contributed by atoms with Crippen molar-refractivity contribution in [1.29, 1.82) is 5.26 Å². The minimum atomic E-state index is -0.254. The number of aliphatic hydroxyl groups is 1. The molecule has 1 fully saturated rings. The Labute approximate surface area is 116 Å².